The quantitative estimate of drug-likeness (QED) is 0.144. The lowest BCUT2D eigenvalue weighted by Crippen LogP contribution is -2.49. The van der Waals surface area contributed by atoms with E-state index in [4.69, 9.17) is 14.5 Å². The van der Waals surface area contributed by atoms with Gasteiger partial charge < -0.3 is 14.5 Å². The first-order valence-corrected chi connectivity index (χ1v) is 17.6. The van der Waals surface area contributed by atoms with Gasteiger partial charge in [0, 0.05) is 31.0 Å². The molecular formula is C41H42F4N4O4. The summed E-state index contributed by atoms with van der Waals surface area (Å²) in [6.45, 7) is 9.67. The van der Waals surface area contributed by atoms with Crippen LogP contribution in [0.1, 0.15) is 84.8 Å². The molecular weight excluding hydrogens is 688 g/mol. The van der Waals surface area contributed by atoms with Gasteiger partial charge in [0.2, 0.25) is 0 Å². The van der Waals surface area contributed by atoms with Crippen LogP contribution in [0.4, 0.5) is 22.4 Å². The molecule has 3 aromatic carbocycles. The van der Waals surface area contributed by atoms with Crippen molar-refractivity contribution in [1.82, 2.24) is 19.9 Å². The zero-order chi connectivity index (χ0) is 38.0. The molecule has 53 heavy (non-hydrogen) atoms. The zero-order valence-corrected chi connectivity index (χ0v) is 30.3. The number of amides is 1. The van der Waals surface area contributed by atoms with Crippen molar-refractivity contribution >= 4 is 22.9 Å². The first-order valence-electron chi connectivity index (χ1n) is 17.6. The van der Waals surface area contributed by atoms with Crippen LogP contribution in [0, 0.1) is 37.1 Å². The van der Waals surface area contributed by atoms with E-state index < -0.39 is 53.0 Å². The molecule has 6 rings (SSSR count). The number of ketones is 1. The molecule has 1 aliphatic rings. The van der Waals surface area contributed by atoms with Gasteiger partial charge in [0.15, 0.2) is 0 Å². The first kappa shape index (κ1) is 37.7. The number of H-pyrrole nitrogens is 1. The number of ether oxygens (including phenoxy) is 2. The molecule has 0 aliphatic carbocycles. The number of fused-ring (bicyclic) bond motifs is 1. The SMILES string of the molecule is Cc1cc2nc([C@@H]3CO[C@H](CCc4c(F)cncc4CC(=O)C[C@@H](c4ccc(F)cc4)c4cc(F)cc(F)c4)CN3C(=O)OC(C)(C)C)[nH]c2cc1C. The topological polar surface area (TPSA) is 97.4 Å². The highest BCUT2D eigenvalue weighted by molar-refractivity contribution is 5.82. The fraction of sp³-hybridized carbons (Fsp3) is 0.366. The Bertz CT molecular complexity index is 2070. The Morgan fingerprint density at radius 3 is 2.34 bits per heavy atom. The van der Waals surface area contributed by atoms with Crippen molar-refractivity contribution in [2.75, 3.05) is 13.2 Å². The van der Waals surface area contributed by atoms with Gasteiger partial charge in [-0.05, 0) is 117 Å². The number of Topliss-reactive ketones (excluding diaryl/α,β-unsaturated/α-hetero) is 1. The molecule has 3 atom stereocenters. The first-order chi connectivity index (χ1) is 25.1. The highest BCUT2D eigenvalue weighted by Gasteiger charge is 2.37. The lowest BCUT2D eigenvalue weighted by Gasteiger charge is -2.39. The molecule has 1 amide bonds. The molecule has 0 unspecified atom stereocenters. The van der Waals surface area contributed by atoms with Crippen molar-refractivity contribution in [2.45, 2.75) is 84.0 Å². The number of morpholine rings is 1. The molecule has 12 heteroatoms. The van der Waals surface area contributed by atoms with Crippen molar-refractivity contribution in [3.63, 3.8) is 0 Å². The number of hydrogen-bond acceptors (Lipinski definition) is 6. The average Bonchev–Trinajstić information content (AvgIpc) is 3.48. The second-order valence-electron chi connectivity index (χ2n) is 14.7. The van der Waals surface area contributed by atoms with Gasteiger partial charge in [0.1, 0.15) is 46.5 Å². The monoisotopic (exact) mass is 730 g/mol. The number of benzene rings is 3. The molecule has 3 heterocycles. The third-order valence-corrected chi connectivity index (χ3v) is 9.52. The lowest BCUT2D eigenvalue weighted by atomic mass is 9.85. The molecule has 1 saturated heterocycles. The van der Waals surface area contributed by atoms with E-state index in [-0.39, 0.29) is 49.3 Å². The van der Waals surface area contributed by atoms with Gasteiger partial charge in [0.25, 0.3) is 0 Å². The minimum atomic E-state index is -0.805. The maximum absolute atomic E-state index is 15.4. The Morgan fingerprint density at radius 2 is 1.64 bits per heavy atom. The standard InChI is InChI=1S/C41H42F4N4O4/c1-23-12-36-37(13-24(23)2)48-39(47-36)38-22-52-32(21-49(38)40(51)53-41(3,4)5)10-11-33-27(19-46-20-35(33)45)16-31(50)18-34(25-6-8-28(42)9-7-25)26-14-29(43)17-30(44)15-26/h6-9,12-15,17,19-20,32,34,38H,10-11,16,18,21-22H2,1-5H3,(H,47,48)/t32-,34+,38+/m1/s1. The molecule has 5 aromatic rings. The Balaban J connectivity index is 1.19. The van der Waals surface area contributed by atoms with Crippen LogP contribution >= 0.6 is 0 Å². The van der Waals surface area contributed by atoms with Crippen molar-refractivity contribution in [3.05, 3.63) is 129 Å². The summed E-state index contributed by atoms with van der Waals surface area (Å²) in [6, 6.07) is 11.8. The van der Waals surface area contributed by atoms with Gasteiger partial charge in [-0.2, -0.15) is 0 Å². The fourth-order valence-corrected chi connectivity index (χ4v) is 6.74. The minimum absolute atomic E-state index is 0.122. The van der Waals surface area contributed by atoms with Crippen LogP contribution < -0.4 is 0 Å². The Kier molecular flexibility index (Phi) is 11.0. The number of aromatic amines is 1. The Hall–Kier alpha value is -5.10. The van der Waals surface area contributed by atoms with Crippen LogP contribution in [0.2, 0.25) is 0 Å². The van der Waals surface area contributed by atoms with Gasteiger partial charge >= 0.3 is 6.09 Å². The van der Waals surface area contributed by atoms with E-state index >= 15 is 4.39 Å². The number of hydrogen-bond donors (Lipinski definition) is 1. The Labute approximate surface area is 305 Å². The minimum Gasteiger partial charge on any atom is -0.444 e. The Morgan fingerprint density at radius 1 is 0.943 bits per heavy atom. The van der Waals surface area contributed by atoms with Crippen LogP contribution in [0.15, 0.2) is 67.0 Å². The molecule has 0 saturated carbocycles. The van der Waals surface area contributed by atoms with Gasteiger partial charge in [-0.15, -0.1) is 0 Å². The van der Waals surface area contributed by atoms with Gasteiger partial charge in [-0.3, -0.25) is 14.7 Å². The summed E-state index contributed by atoms with van der Waals surface area (Å²) in [5.74, 6) is -3.24. The van der Waals surface area contributed by atoms with Gasteiger partial charge in [-0.25, -0.2) is 27.3 Å². The highest BCUT2D eigenvalue weighted by Crippen LogP contribution is 2.33. The third kappa shape index (κ3) is 9.11. The van der Waals surface area contributed by atoms with Gasteiger partial charge in [-0.1, -0.05) is 12.1 Å². The van der Waals surface area contributed by atoms with Crippen molar-refractivity contribution in [1.29, 1.82) is 0 Å². The molecule has 8 nitrogen and oxygen atoms in total. The number of nitrogens with one attached hydrogen (secondary N) is 1. The van der Waals surface area contributed by atoms with E-state index in [1.165, 1.54) is 30.5 Å². The maximum Gasteiger partial charge on any atom is 0.411 e. The van der Waals surface area contributed by atoms with E-state index in [2.05, 4.69) is 9.97 Å². The second kappa shape index (κ2) is 15.5. The van der Waals surface area contributed by atoms with E-state index in [1.54, 1.807) is 25.7 Å². The molecule has 278 valence electrons. The number of aromatic nitrogens is 3. The predicted octanol–water partition coefficient (Wildman–Crippen LogP) is 8.77. The zero-order valence-electron chi connectivity index (χ0n) is 30.3. The number of carbonyl (C=O) groups excluding carboxylic acids is 2. The molecule has 1 N–H and O–H groups in total. The van der Waals surface area contributed by atoms with Crippen molar-refractivity contribution in [3.8, 4) is 0 Å². The van der Waals surface area contributed by atoms with Crippen molar-refractivity contribution in [2.24, 2.45) is 0 Å². The number of aryl methyl sites for hydroxylation is 2. The fourth-order valence-electron chi connectivity index (χ4n) is 6.74. The largest absolute Gasteiger partial charge is 0.444 e. The van der Waals surface area contributed by atoms with E-state index in [0.717, 1.165) is 46.6 Å². The van der Waals surface area contributed by atoms with Crippen LogP contribution in [-0.4, -0.2) is 56.6 Å². The number of halogens is 4. The normalized spacial score (nSPS) is 16.9. The number of carbonyl (C=O) groups is 2. The summed E-state index contributed by atoms with van der Waals surface area (Å²) in [6.07, 6.45) is 1.60. The average molecular weight is 731 g/mol. The highest BCUT2D eigenvalue weighted by atomic mass is 19.1. The molecule has 2 aromatic heterocycles. The smallest absolute Gasteiger partial charge is 0.411 e. The van der Waals surface area contributed by atoms with Crippen molar-refractivity contribution < 1.29 is 36.6 Å². The summed E-state index contributed by atoms with van der Waals surface area (Å²) in [4.78, 5) is 40.8. The van der Waals surface area contributed by atoms with E-state index in [0.29, 0.717) is 23.4 Å². The second-order valence-corrected chi connectivity index (χ2v) is 14.7. The molecule has 0 radical (unpaired) electrons. The molecule has 1 aliphatic heterocycles. The summed E-state index contributed by atoms with van der Waals surface area (Å²) in [5, 5.41) is 0. The van der Waals surface area contributed by atoms with Gasteiger partial charge in [0.05, 0.1) is 36.5 Å². The predicted molar refractivity (Wildman–Crippen MR) is 191 cm³/mol. The number of nitrogens with zero attached hydrogens (tertiary/aromatic N) is 3. The van der Waals surface area contributed by atoms with Crippen LogP contribution in [0.5, 0.6) is 0 Å². The maximum atomic E-state index is 15.4. The van der Waals surface area contributed by atoms with Crippen LogP contribution in [-0.2, 0) is 27.1 Å². The summed E-state index contributed by atoms with van der Waals surface area (Å²) in [5.41, 5.74) is 4.43. The third-order valence-electron chi connectivity index (χ3n) is 9.52. The number of pyridine rings is 1. The van der Waals surface area contributed by atoms with E-state index in [1.807, 2.05) is 26.0 Å². The lowest BCUT2D eigenvalue weighted by molar-refractivity contribution is -0.118. The molecule has 0 spiro atoms. The summed E-state index contributed by atoms with van der Waals surface area (Å²) in [7, 11) is 0. The van der Waals surface area contributed by atoms with E-state index in [9.17, 15) is 22.8 Å². The summed E-state index contributed by atoms with van der Waals surface area (Å²) >= 11 is 0. The van der Waals surface area contributed by atoms with Crippen LogP contribution in [0.3, 0.4) is 0 Å². The summed E-state index contributed by atoms with van der Waals surface area (Å²) < 4.78 is 69.6. The molecule has 1 fully saturated rings. The number of imidazole rings is 1. The van der Waals surface area contributed by atoms with Crippen LogP contribution in [0.25, 0.3) is 11.0 Å². The number of rotatable bonds is 10. The molecule has 0 bridgehead atoms.